The second kappa shape index (κ2) is 8.50. The molecule has 0 saturated heterocycles. The molecule has 0 aromatic rings. The lowest BCUT2D eigenvalue weighted by molar-refractivity contribution is 0.00972. The molecule has 0 bridgehead atoms. The molecule has 0 amide bonds. The van der Waals surface area contributed by atoms with E-state index in [4.69, 9.17) is 0 Å². The summed E-state index contributed by atoms with van der Waals surface area (Å²) in [5.74, 6) is 0.836. The second-order valence-electron chi connectivity index (χ2n) is 7.99. The summed E-state index contributed by atoms with van der Waals surface area (Å²) >= 11 is 0. The molecule has 126 valence electrons. The van der Waals surface area contributed by atoms with Gasteiger partial charge >= 0.3 is 0 Å². The molecule has 21 heavy (non-hydrogen) atoms. The van der Waals surface area contributed by atoms with E-state index < -0.39 is 5.60 Å². The number of hydrogen-bond donors (Lipinski definition) is 2. The van der Waals surface area contributed by atoms with Gasteiger partial charge in [0.25, 0.3) is 0 Å². The Morgan fingerprint density at radius 3 is 2.57 bits per heavy atom. The highest BCUT2D eigenvalue weighted by molar-refractivity contribution is 4.90. The van der Waals surface area contributed by atoms with Gasteiger partial charge in [-0.05, 0) is 57.5 Å². The SMILES string of the molecule is CCCNCC1(CN(CC)CC(C)(C)O)CCCC(C)C1. The van der Waals surface area contributed by atoms with Crippen LogP contribution >= 0.6 is 0 Å². The molecule has 1 fully saturated rings. The molecule has 1 aliphatic carbocycles. The molecule has 3 heteroatoms. The van der Waals surface area contributed by atoms with E-state index in [1.165, 1.54) is 32.1 Å². The molecule has 0 aromatic carbocycles. The summed E-state index contributed by atoms with van der Waals surface area (Å²) in [4.78, 5) is 2.45. The van der Waals surface area contributed by atoms with E-state index in [9.17, 15) is 5.11 Å². The Morgan fingerprint density at radius 1 is 1.33 bits per heavy atom. The third-order valence-corrected chi connectivity index (χ3v) is 4.73. The van der Waals surface area contributed by atoms with Crippen LogP contribution in [-0.2, 0) is 0 Å². The predicted molar refractivity (Wildman–Crippen MR) is 91.6 cm³/mol. The van der Waals surface area contributed by atoms with E-state index in [1.54, 1.807) is 0 Å². The first kappa shape index (κ1) is 18.9. The molecule has 3 nitrogen and oxygen atoms in total. The van der Waals surface area contributed by atoms with Gasteiger partial charge in [-0.25, -0.2) is 0 Å². The number of rotatable bonds is 9. The maximum absolute atomic E-state index is 10.1. The topological polar surface area (TPSA) is 35.5 Å². The van der Waals surface area contributed by atoms with Crippen LogP contribution in [-0.4, -0.2) is 48.3 Å². The van der Waals surface area contributed by atoms with Crippen molar-refractivity contribution < 1.29 is 5.11 Å². The van der Waals surface area contributed by atoms with Crippen molar-refractivity contribution in [3.8, 4) is 0 Å². The van der Waals surface area contributed by atoms with E-state index in [0.717, 1.165) is 38.6 Å². The van der Waals surface area contributed by atoms with E-state index in [0.29, 0.717) is 5.41 Å². The Kier molecular flexibility index (Phi) is 7.66. The largest absolute Gasteiger partial charge is 0.389 e. The molecule has 2 unspecified atom stereocenters. The third kappa shape index (κ3) is 7.12. The summed E-state index contributed by atoms with van der Waals surface area (Å²) in [6.45, 7) is 15.8. The van der Waals surface area contributed by atoms with Gasteiger partial charge in [0, 0.05) is 19.6 Å². The van der Waals surface area contributed by atoms with E-state index in [2.05, 4.69) is 31.0 Å². The number of nitrogens with zero attached hydrogens (tertiary/aromatic N) is 1. The van der Waals surface area contributed by atoms with Crippen molar-refractivity contribution in [2.75, 3.05) is 32.7 Å². The fraction of sp³-hybridized carbons (Fsp3) is 1.00. The van der Waals surface area contributed by atoms with Crippen LogP contribution in [0.1, 0.15) is 66.7 Å². The van der Waals surface area contributed by atoms with Crippen molar-refractivity contribution in [1.82, 2.24) is 10.2 Å². The molecular weight excluding hydrogens is 260 g/mol. The number of hydrogen-bond acceptors (Lipinski definition) is 3. The molecule has 1 saturated carbocycles. The molecule has 1 rings (SSSR count). The molecule has 0 radical (unpaired) electrons. The van der Waals surface area contributed by atoms with Crippen LogP contribution in [0.25, 0.3) is 0 Å². The minimum absolute atomic E-state index is 0.397. The molecule has 0 aromatic heterocycles. The van der Waals surface area contributed by atoms with Crippen LogP contribution < -0.4 is 5.32 Å². The van der Waals surface area contributed by atoms with Gasteiger partial charge in [-0.3, -0.25) is 0 Å². The van der Waals surface area contributed by atoms with Gasteiger partial charge in [0.1, 0.15) is 0 Å². The second-order valence-corrected chi connectivity index (χ2v) is 7.99. The average Bonchev–Trinajstić information content (AvgIpc) is 2.36. The summed E-state index contributed by atoms with van der Waals surface area (Å²) in [6.07, 6.45) is 6.59. The quantitative estimate of drug-likeness (QED) is 0.641. The molecule has 2 atom stereocenters. The number of likely N-dealkylation sites (N-methyl/N-ethyl adjacent to an activating group) is 1. The molecule has 0 spiro atoms. The Labute approximate surface area is 132 Å². The normalized spacial score (nSPS) is 27.3. The maximum Gasteiger partial charge on any atom is 0.0718 e. The lowest BCUT2D eigenvalue weighted by Gasteiger charge is -2.44. The Hall–Kier alpha value is -0.120. The Bertz CT molecular complexity index is 287. The zero-order chi connectivity index (χ0) is 15.9. The Morgan fingerprint density at radius 2 is 2.05 bits per heavy atom. The maximum atomic E-state index is 10.1. The molecule has 2 N–H and O–H groups in total. The monoisotopic (exact) mass is 298 g/mol. The molecule has 0 aliphatic heterocycles. The van der Waals surface area contributed by atoms with Crippen molar-refractivity contribution >= 4 is 0 Å². The summed E-state index contributed by atoms with van der Waals surface area (Å²) in [6, 6.07) is 0. The van der Waals surface area contributed by atoms with Crippen LogP contribution in [0, 0.1) is 11.3 Å². The minimum Gasteiger partial charge on any atom is -0.389 e. The van der Waals surface area contributed by atoms with Gasteiger partial charge < -0.3 is 15.3 Å². The highest BCUT2D eigenvalue weighted by Gasteiger charge is 2.36. The highest BCUT2D eigenvalue weighted by Crippen LogP contribution is 2.39. The van der Waals surface area contributed by atoms with Crippen LogP contribution in [0.2, 0.25) is 0 Å². The summed E-state index contributed by atoms with van der Waals surface area (Å²) in [5.41, 5.74) is -0.206. The first-order chi connectivity index (χ1) is 9.80. The third-order valence-electron chi connectivity index (χ3n) is 4.73. The van der Waals surface area contributed by atoms with Crippen molar-refractivity contribution in [2.45, 2.75) is 72.3 Å². The summed E-state index contributed by atoms with van der Waals surface area (Å²) in [7, 11) is 0. The van der Waals surface area contributed by atoms with Crippen molar-refractivity contribution in [3.05, 3.63) is 0 Å². The highest BCUT2D eigenvalue weighted by atomic mass is 16.3. The first-order valence-corrected chi connectivity index (χ1v) is 8.96. The molecular formula is C18H38N2O. The number of nitrogens with one attached hydrogen (secondary N) is 1. The van der Waals surface area contributed by atoms with Crippen molar-refractivity contribution in [2.24, 2.45) is 11.3 Å². The van der Waals surface area contributed by atoms with E-state index >= 15 is 0 Å². The summed E-state index contributed by atoms with van der Waals surface area (Å²) in [5, 5.41) is 13.8. The number of aliphatic hydroxyl groups is 1. The van der Waals surface area contributed by atoms with Gasteiger partial charge in [-0.2, -0.15) is 0 Å². The van der Waals surface area contributed by atoms with Gasteiger partial charge in [-0.15, -0.1) is 0 Å². The zero-order valence-electron chi connectivity index (χ0n) is 15.0. The fourth-order valence-electron chi connectivity index (χ4n) is 3.96. The van der Waals surface area contributed by atoms with E-state index in [-0.39, 0.29) is 0 Å². The standard InChI is InChI=1S/C18H38N2O/c1-6-11-19-13-18(10-8-9-16(3)12-18)15-20(7-2)14-17(4,5)21/h16,19,21H,6-15H2,1-5H3. The lowest BCUT2D eigenvalue weighted by Crippen LogP contribution is -2.49. The summed E-state index contributed by atoms with van der Waals surface area (Å²) < 4.78 is 0. The van der Waals surface area contributed by atoms with Crippen LogP contribution in [0.4, 0.5) is 0 Å². The van der Waals surface area contributed by atoms with Crippen molar-refractivity contribution in [1.29, 1.82) is 0 Å². The van der Waals surface area contributed by atoms with Crippen LogP contribution in [0.5, 0.6) is 0 Å². The zero-order valence-corrected chi connectivity index (χ0v) is 15.0. The van der Waals surface area contributed by atoms with Gasteiger partial charge in [0.2, 0.25) is 0 Å². The lowest BCUT2D eigenvalue weighted by atomic mass is 9.69. The average molecular weight is 299 g/mol. The van der Waals surface area contributed by atoms with Gasteiger partial charge in [0.15, 0.2) is 0 Å². The van der Waals surface area contributed by atoms with Crippen LogP contribution in [0.15, 0.2) is 0 Å². The Balaban J connectivity index is 2.70. The molecule has 0 heterocycles. The van der Waals surface area contributed by atoms with Crippen LogP contribution in [0.3, 0.4) is 0 Å². The fourth-order valence-corrected chi connectivity index (χ4v) is 3.96. The molecule has 1 aliphatic rings. The van der Waals surface area contributed by atoms with Gasteiger partial charge in [0.05, 0.1) is 5.60 Å². The smallest absolute Gasteiger partial charge is 0.0718 e. The van der Waals surface area contributed by atoms with E-state index in [1.807, 2.05) is 13.8 Å². The van der Waals surface area contributed by atoms with Gasteiger partial charge in [-0.1, -0.05) is 33.6 Å². The van der Waals surface area contributed by atoms with Crippen molar-refractivity contribution in [3.63, 3.8) is 0 Å². The minimum atomic E-state index is -0.603. The first-order valence-electron chi connectivity index (χ1n) is 8.96. The predicted octanol–water partition coefficient (Wildman–Crippen LogP) is 3.28.